The van der Waals surface area contributed by atoms with Crippen molar-refractivity contribution in [1.29, 1.82) is 0 Å². The molecule has 1 aliphatic carbocycles. The third-order valence-electron chi connectivity index (χ3n) is 4.93. The van der Waals surface area contributed by atoms with Crippen LogP contribution in [0.3, 0.4) is 0 Å². The van der Waals surface area contributed by atoms with Gasteiger partial charge in [-0.15, -0.1) is 0 Å². The first kappa shape index (κ1) is 15.8. The Balaban J connectivity index is 1.64. The lowest BCUT2D eigenvalue weighted by Gasteiger charge is -2.29. The molecule has 0 unspecified atom stereocenters. The fourth-order valence-electron chi connectivity index (χ4n) is 3.49. The molecule has 1 saturated carbocycles. The van der Waals surface area contributed by atoms with Crippen LogP contribution in [0.2, 0.25) is 0 Å². The fraction of sp³-hybridized carbons (Fsp3) is 0.381. The molecule has 23 heavy (non-hydrogen) atoms. The summed E-state index contributed by atoms with van der Waals surface area (Å²) in [7, 11) is 0. The number of benzene rings is 2. The number of carbonyl (C=O) groups is 1. The van der Waals surface area contributed by atoms with E-state index in [9.17, 15) is 4.79 Å². The number of hydrogen-bond acceptors (Lipinski definition) is 2. The van der Waals surface area contributed by atoms with Gasteiger partial charge in [0.25, 0.3) is 0 Å². The summed E-state index contributed by atoms with van der Waals surface area (Å²) in [5.41, 5.74) is 2.59. The predicted octanol–water partition coefficient (Wildman–Crippen LogP) is 5.30. The lowest BCUT2D eigenvalue weighted by molar-refractivity contribution is 0.103. The van der Waals surface area contributed by atoms with E-state index in [2.05, 4.69) is 12.2 Å². The minimum atomic E-state index is 0.0810. The Morgan fingerprint density at radius 2 is 1.52 bits per heavy atom. The summed E-state index contributed by atoms with van der Waals surface area (Å²) in [4.78, 5) is 12.4. The molecule has 1 fully saturated rings. The van der Waals surface area contributed by atoms with Crippen LogP contribution in [0.15, 0.2) is 54.6 Å². The number of carbonyl (C=O) groups excluding carboxylic acids is 1. The Labute approximate surface area is 138 Å². The zero-order chi connectivity index (χ0) is 16.1. The van der Waals surface area contributed by atoms with Crippen molar-refractivity contribution in [3.8, 4) is 0 Å². The Morgan fingerprint density at radius 1 is 0.913 bits per heavy atom. The van der Waals surface area contributed by atoms with Gasteiger partial charge in [-0.3, -0.25) is 4.79 Å². The van der Waals surface area contributed by atoms with Crippen LogP contribution in [0.25, 0.3) is 0 Å². The zero-order valence-corrected chi connectivity index (χ0v) is 13.8. The molecule has 0 bridgehead atoms. The van der Waals surface area contributed by atoms with Gasteiger partial charge in [-0.1, -0.05) is 49.6 Å². The van der Waals surface area contributed by atoms with Crippen LogP contribution < -0.4 is 5.32 Å². The number of nitrogens with one attached hydrogen (secondary N) is 1. The maximum absolute atomic E-state index is 12.4. The molecule has 1 atom stereocenters. The van der Waals surface area contributed by atoms with Crippen molar-refractivity contribution in [2.45, 2.75) is 45.1 Å². The largest absolute Gasteiger partial charge is 0.382 e. The van der Waals surface area contributed by atoms with E-state index in [0.29, 0.717) is 6.04 Å². The minimum Gasteiger partial charge on any atom is -0.382 e. The van der Waals surface area contributed by atoms with Gasteiger partial charge in [-0.05, 0) is 49.9 Å². The third-order valence-corrected chi connectivity index (χ3v) is 4.93. The monoisotopic (exact) mass is 307 g/mol. The minimum absolute atomic E-state index is 0.0810. The molecule has 3 rings (SSSR count). The van der Waals surface area contributed by atoms with E-state index < -0.39 is 0 Å². The molecular formula is C21H25NO. The quantitative estimate of drug-likeness (QED) is 0.760. The molecule has 0 spiro atoms. The fourth-order valence-corrected chi connectivity index (χ4v) is 3.49. The number of rotatable bonds is 5. The standard InChI is InChI=1S/C21H25NO/c1-16(17-8-4-2-5-9-17)22-20-14-12-19(13-15-20)21(23)18-10-6-3-7-11-18/h3,6-7,10-17,22H,2,4-5,8-9H2,1H3/t16-/m1/s1. The summed E-state index contributed by atoms with van der Waals surface area (Å²) in [5.74, 6) is 0.854. The third kappa shape index (κ3) is 4.01. The van der Waals surface area contributed by atoms with Gasteiger partial charge in [0, 0.05) is 22.9 Å². The van der Waals surface area contributed by atoms with Crippen molar-refractivity contribution >= 4 is 11.5 Å². The molecule has 2 aromatic carbocycles. The van der Waals surface area contributed by atoms with Crippen molar-refractivity contribution in [1.82, 2.24) is 0 Å². The van der Waals surface area contributed by atoms with Crippen LogP contribution >= 0.6 is 0 Å². The van der Waals surface area contributed by atoms with E-state index in [1.807, 2.05) is 54.6 Å². The highest BCUT2D eigenvalue weighted by Gasteiger charge is 2.19. The molecule has 0 saturated heterocycles. The molecule has 2 nitrogen and oxygen atoms in total. The molecule has 0 aliphatic heterocycles. The second kappa shape index (κ2) is 7.45. The van der Waals surface area contributed by atoms with E-state index >= 15 is 0 Å². The second-order valence-electron chi connectivity index (χ2n) is 6.60. The summed E-state index contributed by atoms with van der Waals surface area (Å²) >= 11 is 0. The smallest absolute Gasteiger partial charge is 0.193 e. The molecule has 2 aromatic rings. The Morgan fingerprint density at radius 3 is 2.17 bits per heavy atom. The summed E-state index contributed by atoms with van der Waals surface area (Å²) in [6.07, 6.45) is 6.78. The molecule has 1 aliphatic rings. The van der Waals surface area contributed by atoms with Gasteiger partial charge >= 0.3 is 0 Å². The first-order chi connectivity index (χ1) is 11.2. The second-order valence-corrected chi connectivity index (χ2v) is 6.60. The Kier molecular flexibility index (Phi) is 5.12. The summed E-state index contributed by atoms with van der Waals surface area (Å²) in [5, 5.41) is 3.61. The molecule has 0 radical (unpaired) electrons. The molecule has 1 N–H and O–H groups in total. The van der Waals surface area contributed by atoms with Gasteiger partial charge in [0.15, 0.2) is 5.78 Å². The van der Waals surface area contributed by atoms with Crippen molar-refractivity contribution in [3.05, 3.63) is 65.7 Å². The molecule has 2 heteroatoms. The van der Waals surface area contributed by atoms with E-state index in [-0.39, 0.29) is 5.78 Å². The van der Waals surface area contributed by atoms with Gasteiger partial charge in [0.05, 0.1) is 0 Å². The van der Waals surface area contributed by atoms with Gasteiger partial charge in [-0.25, -0.2) is 0 Å². The molecule has 0 aromatic heterocycles. The maximum Gasteiger partial charge on any atom is 0.193 e. The number of anilines is 1. The first-order valence-electron chi connectivity index (χ1n) is 8.70. The highest BCUT2D eigenvalue weighted by Crippen LogP contribution is 2.28. The van der Waals surface area contributed by atoms with Crippen LogP contribution in [0.4, 0.5) is 5.69 Å². The molecule has 0 amide bonds. The van der Waals surface area contributed by atoms with Crippen LogP contribution in [0, 0.1) is 5.92 Å². The van der Waals surface area contributed by atoms with E-state index in [1.165, 1.54) is 32.1 Å². The van der Waals surface area contributed by atoms with Crippen LogP contribution in [-0.2, 0) is 0 Å². The lowest BCUT2D eigenvalue weighted by atomic mass is 9.84. The van der Waals surface area contributed by atoms with Crippen molar-refractivity contribution < 1.29 is 4.79 Å². The summed E-state index contributed by atoms with van der Waals surface area (Å²) in [6.45, 7) is 2.28. The first-order valence-corrected chi connectivity index (χ1v) is 8.70. The highest BCUT2D eigenvalue weighted by atomic mass is 16.1. The van der Waals surface area contributed by atoms with Crippen molar-refractivity contribution in [2.75, 3.05) is 5.32 Å². The Hall–Kier alpha value is -2.09. The van der Waals surface area contributed by atoms with E-state index in [1.54, 1.807) is 0 Å². The van der Waals surface area contributed by atoms with Gasteiger partial charge in [-0.2, -0.15) is 0 Å². The van der Waals surface area contributed by atoms with Gasteiger partial charge in [0.2, 0.25) is 0 Å². The van der Waals surface area contributed by atoms with E-state index in [0.717, 1.165) is 22.7 Å². The van der Waals surface area contributed by atoms with E-state index in [4.69, 9.17) is 0 Å². The SMILES string of the molecule is C[C@@H](Nc1ccc(C(=O)c2ccccc2)cc1)C1CCCCC1. The molecule has 0 heterocycles. The Bertz CT molecular complexity index is 627. The van der Waals surface area contributed by atoms with Crippen LogP contribution in [0.5, 0.6) is 0 Å². The van der Waals surface area contributed by atoms with Crippen LogP contribution in [0.1, 0.15) is 54.9 Å². The predicted molar refractivity (Wildman–Crippen MR) is 96.0 cm³/mol. The van der Waals surface area contributed by atoms with Gasteiger partial charge < -0.3 is 5.32 Å². The normalized spacial score (nSPS) is 16.7. The molecular weight excluding hydrogens is 282 g/mol. The average molecular weight is 307 g/mol. The van der Waals surface area contributed by atoms with Crippen LogP contribution in [-0.4, -0.2) is 11.8 Å². The van der Waals surface area contributed by atoms with Crippen molar-refractivity contribution in [2.24, 2.45) is 5.92 Å². The molecule has 120 valence electrons. The zero-order valence-electron chi connectivity index (χ0n) is 13.8. The number of ketones is 1. The van der Waals surface area contributed by atoms with Crippen molar-refractivity contribution in [3.63, 3.8) is 0 Å². The topological polar surface area (TPSA) is 29.1 Å². The maximum atomic E-state index is 12.4. The summed E-state index contributed by atoms with van der Waals surface area (Å²) in [6, 6.07) is 17.8. The van der Waals surface area contributed by atoms with Gasteiger partial charge in [0.1, 0.15) is 0 Å². The average Bonchev–Trinajstić information content (AvgIpc) is 2.63. The summed E-state index contributed by atoms with van der Waals surface area (Å²) < 4.78 is 0. The highest BCUT2D eigenvalue weighted by molar-refractivity contribution is 6.09. The lowest BCUT2D eigenvalue weighted by Crippen LogP contribution is -2.27. The number of hydrogen-bond donors (Lipinski definition) is 1.